The zero-order valence-electron chi connectivity index (χ0n) is 45.4. The van der Waals surface area contributed by atoms with Crippen LogP contribution in [0, 0.1) is 0 Å². The van der Waals surface area contributed by atoms with Crippen molar-refractivity contribution >= 4 is 123 Å². The van der Waals surface area contributed by atoms with Crippen molar-refractivity contribution in [3.63, 3.8) is 0 Å². The molecular weight excluding hydrogens is 1020 g/mol. The standard InChI is InChI=1S/C78H48BN3O2/c1-3-19-49(20-4-1)56-23-7-13-29-66(56)81-70-45-53(51-36-41-76-62(43-51)60-27-11-17-33-74(60)83-76)35-39-64(70)79-65-40-38-55(80-68-31-15-9-25-58(68)59-26-10-16-32-69(59)80)48-71(65)82(67-30-14-8-24-57(67)50-21-5-2-6-22-50)73-47-54(46-72(81)78(73)79)52-37-42-77-63(44-52)61-28-12-18-34-75(61)84-77/h1-48H. The molecule has 0 spiro atoms. The molecule has 2 aliphatic rings. The number of furan rings is 2. The lowest BCUT2D eigenvalue weighted by molar-refractivity contribution is 0.668. The molecule has 390 valence electrons. The van der Waals surface area contributed by atoms with Crippen LogP contribution in [-0.4, -0.2) is 11.3 Å². The van der Waals surface area contributed by atoms with Crippen molar-refractivity contribution in [1.29, 1.82) is 0 Å². The summed E-state index contributed by atoms with van der Waals surface area (Å²) in [5.74, 6) is 0. The molecule has 0 saturated heterocycles. The van der Waals surface area contributed by atoms with Crippen molar-refractivity contribution in [1.82, 2.24) is 4.57 Å². The van der Waals surface area contributed by atoms with Gasteiger partial charge in [0.2, 0.25) is 0 Å². The Morgan fingerprint density at radius 1 is 0.250 bits per heavy atom. The van der Waals surface area contributed by atoms with Crippen molar-refractivity contribution in [2.75, 3.05) is 9.80 Å². The van der Waals surface area contributed by atoms with E-state index < -0.39 is 0 Å². The second-order valence-corrected chi connectivity index (χ2v) is 22.3. The number of para-hydroxylation sites is 6. The van der Waals surface area contributed by atoms with Gasteiger partial charge >= 0.3 is 0 Å². The van der Waals surface area contributed by atoms with E-state index >= 15 is 0 Å². The van der Waals surface area contributed by atoms with Crippen LogP contribution in [0.3, 0.4) is 0 Å². The molecule has 0 unspecified atom stereocenters. The Labute approximate surface area is 484 Å². The van der Waals surface area contributed by atoms with Gasteiger partial charge in [0.1, 0.15) is 22.3 Å². The first-order valence-corrected chi connectivity index (χ1v) is 28.8. The molecule has 5 nitrogen and oxygen atoms in total. The third-order valence-electron chi connectivity index (χ3n) is 17.8. The lowest BCUT2D eigenvalue weighted by atomic mass is 9.33. The number of fused-ring (bicyclic) bond motifs is 13. The summed E-state index contributed by atoms with van der Waals surface area (Å²) in [6, 6.07) is 107. The molecule has 0 bridgehead atoms. The van der Waals surface area contributed by atoms with Gasteiger partial charge in [-0.25, -0.2) is 0 Å². The Balaban J connectivity index is 0.970. The zero-order valence-corrected chi connectivity index (χ0v) is 45.4. The van der Waals surface area contributed by atoms with E-state index in [9.17, 15) is 0 Å². The number of benzene rings is 13. The summed E-state index contributed by atoms with van der Waals surface area (Å²) in [6.45, 7) is -0.170. The molecule has 0 atom stereocenters. The summed E-state index contributed by atoms with van der Waals surface area (Å²) < 4.78 is 15.4. The first-order chi connectivity index (χ1) is 41.7. The molecule has 0 N–H and O–H groups in total. The molecule has 5 heterocycles. The molecule has 0 saturated carbocycles. The monoisotopic (exact) mass is 1070 g/mol. The van der Waals surface area contributed by atoms with Crippen LogP contribution in [0.2, 0.25) is 0 Å². The summed E-state index contributed by atoms with van der Waals surface area (Å²) in [7, 11) is 0. The highest BCUT2D eigenvalue weighted by molar-refractivity contribution is 7.00. The van der Waals surface area contributed by atoms with Gasteiger partial charge in [0.05, 0.1) is 22.4 Å². The van der Waals surface area contributed by atoms with Crippen molar-refractivity contribution in [3.8, 4) is 50.2 Å². The molecule has 16 aromatic rings. The minimum atomic E-state index is -0.170. The van der Waals surface area contributed by atoms with Crippen LogP contribution in [0.5, 0.6) is 0 Å². The Kier molecular flexibility index (Phi) is 10.1. The largest absolute Gasteiger partial charge is 0.456 e. The maximum atomic E-state index is 6.50. The summed E-state index contributed by atoms with van der Waals surface area (Å²) in [5, 5.41) is 6.85. The lowest BCUT2D eigenvalue weighted by Crippen LogP contribution is -2.61. The third kappa shape index (κ3) is 6.98. The molecular formula is C78H48BN3O2. The molecule has 0 fully saturated rings. The van der Waals surface area contributed by atoms with Crippen LogP contribution >= 0.6 is 0 Å². The minimum absolute atomic E-state index is 0.170. The fourth-order valence-electron chi connectivity index (χ4n) is 14.1. The van der Waals surface area contributed by atoms with Crippen molar-refractivity contribution in [3.05, 3.63) is 291 Å². The van der Waals surface area contributed by atoms with Gasteiger partial charge in [-0.2, -0.15) is 0 Å². The number of nitrogens with zero attached hydrogens (tertiary/aromatic N) is 3. The second-order valence-electron chi connectivity index (χ2n) is 22.3. The predicted molar refractivity (Wildman–Crippen MR) is 351 cm³/mol. The van der Waals surface area contributed by atoms with Crippen LogP contribution in [-0.2, 0) is 0 Å². The van der Waals surface area contributed by atoms with E-state index in [2.05, 4.69) is 293 Å². The molecule has 0 amide bonds. The molecule has 84 heavy (non-hydrogen) atoms. The fourth-order valence-corrected chi connectivity index (χ4v) is 14.1. The van der Waals surface area contributed by atoms with Gasteiger partial charge in [-0.1, -0.05) is 200 Å². The van der Waals surface area contributed by atoms with Gasteiger partial charge in [-0.15, -0.1) is 0 Å². The van der Waals surface area contributed by atoms with Crippen molar-refractivity contribution < 1.29 is 8.83 Å². The van der Waals surface area contributed by atoms with Gasteiger partial charge in [0.25, 0.3) is 6.71 Å². The molecule has 18 rings (SSSR count). The van der Waals surface area contributed by atoms with Crippen molar-refractivity contribution in [2.24, 2.45) is 0 Å². The average molecular weight is 1070 g/mol. The topological polar surface area (TPSA) is 37.7 Å². The van der Waals surface area contributed by atoms with E-state index in [-0.39, 0.29) is 6.71 Å². The maximum absolute atomic E-state index is 6.50. The van der Waals surface area contributed by atoms with Crippen LogP contribution in [0.1, 0.15) is 0 Å². The SMILES string of the molecule is c1ccc(-c2ccccc2N2c3cc(-c4ccc5oc6ccccc6c5c4)ccc3B3c4ccc(-n5c6ccccc6c6ccccc65)cc4N(c4ccccc4-c4ccccc4)c4cc(-c5ccc6oc7ccccc7c6c5)cc2c43)cc1. The normalized spacial score (nSPS) is 12.7. The number of anilines is 6. The smallest absolute Gasteiger partial charge is 0.252 e. The van der Waals surface area contributed by atoms with Crippen LogP contribution in [0.25, 0.3) is 116 Å². The second kappa shape index (κ2) is 18.2. The van der Waals surface area contributed by atoms with Gasteiger partial charge in [-0.05, 0) is 141 Å². The Morgan fingerprint density at radius 3 is 1.21 bits per heavy atom. The zero-order chi connectivity index (χ0) is 55.0. The summed E-state index contributed by atoms with van der Waals surface area (Å²) in [5.41, 5.74) is 26.3. The van der Waals surface area contributed by atoms with E-state index in [1.54, 1.807) is 0 Å². The van der Waals surface area contributed by atoms with Crippen LogP contribution < -0.4 is 26.2 Å². The fraction of sp³-hybridized carbons (Fsp3) is 0. The van der Waals surface area contributed by atoms with E-state index in [1.807, 2.05) is 12.1 Å². The van der Waals surface area contributed by atoms with Crippen LogP contribution in [0.4, 0.5) is 34.1 Å². The van der Waals surface area contributed by atoms with Gasteiger partial charge in [0.15, 0.2) is 0 Å². The Morgan fingerprint density at radius 2 is 0.655 bits per heavy atom. The summed E-state index contributed by atoms with van der Waals surface area (Å²) in [4.78, 5) is 5.17. The molecule has 2 aliphatic heterocycles. The van der Waals surface area contributed by atoms with Crippen molar-refractivity contribution in [2.45, 2.75) is 0 Å². The first-order valence-electron chi connectivity index (χ1n) is 28.8. The Bertz CT molecular complexity index is 5310. The highest BCUT2D eigenvalue weighted by Crippen LogP contribution is 2.51. The van der Waals surface area contributed by atoms with E-state index in [4.69, 9.17) is 8.83 Å². The predicted octanol–water partition coefficient (Wildman–Crippen LogP) is 19.3. The van der Waals surface area contributed by atoms with E-state index in [0.717, 1.165) is 128 Å². The third-order valence-corrected chi connectivity index (χ3v) is 17.8. The number of hydrogen-bond acceptors (Lipinski definition) is 4. The number of aromatic nitrogens is 1. The number of rotatable bonds is 7. The van der Waals surface area contributed by atoms with Gasteiger partial charge in [0, 0.05) is 71.9 Å². The lowest BCUT2D eigenvalue weighted by Gasteiger charge is -2.45. The molecule has 0 radical (unpaired) electrons. The highest BCUT2D eigenvalue weighted by Gasteiger charge is 2.45. The van der Waals surface area contributed by atoms with E-state index in [1.165, 1.54) is 38.2 Å². The molecule has 13 aromatic carbocycles. The van der Waals surface area contributed by atoms with E-state index in [0.29, 0.717) is 0 Å². The molecule has 6 heteroatoms. The van der Waals surface area contributed by atoms with Gasteiger partial charge < -0.3 is 23.2 Å². The van der Waals surface area contributed by atoms with Gasteiger partial charge in [-0.3, -0.25) is 0 Å². The minimum Gasteiger partial charge on any atom is -0.456 e. The average Bonchev–Trinajstić information content (AvgIpc) is 1.47. The quantitative estimate of drug-likeness (QED) is 0.149. The Hall–Kier alpha value is -11.1. The summed E-state index contributed by atoms with van der Waals surface area (Å²) >= 11 is 0. The summed E-state index contributed by atoms with van der Waals surface area (Å²) in [6.07, 6.45) is 0. The molecule has 0 aliphatic carbocycles. The van der Waals surface area contributed by atoms with Crippen LogP contribution in [0.15, 0.2) is 300 Å². The highest BCUT2D eigenvalue weighted by atomic mass is 16.3. The maximum Gasteiger partial charge on any atom is 0.252 e. The number of hydrogen-bond donors (Lipinski definition) is 0. The first kappa shape index (κ1) is 46.7. The molecule has 3 aromatic heterocycles.